The van der Waals surface area contributed by atoms with Crippen LogP contribution in [-0.2, 0) is 11.3 Å². The van der Waals surface area contributed by atoms with Crippen LogP contribution < -0.4 is 0 Å². The second-order valence-corrected chi connectivity index (χ2v) is 6.03. The van der Waals surface area contributed by atoms with Crippen molar-refractivity contribution in [3.63, 3.8) is 0 Å². The molecule has 6 heteroatoms. The Morgan fingerprint density at radius 1 is 1.40 bits per heavy atom. The van der Waals surface area contributed by atoms with Crippen molar-refractivity contribution in [1.82, 2.24) is 4.90 Å². The van der Waals surface area contributed by atoms with Gasteiger partial charge in [-0.25, -0.2) is 0 Å². The van der Waals surface area contributed by atoms with E-state index in [-0.39, 0.29) is 17.9 Å². The Hall–Kier alpha value is -1.98. The molecule has 0 saturated heterocycles. The van der Waals surface area contributed by atoms with Gasteiger partial charge in [0.2, 0.25) is 11.7 Å². The van der Waals surface area contributed by atoms with Crippen LogP contribution >= 0.6 is 0 Å². The Balaban J connectivity index is 2.81. The summed E-state index contributed by atoms with van der Waals surface area (Å²) in [5.74, 6) is -0.924. The molecule has 5 nitrogen and oxygen atoms in total. The summed E-state index contributed by atoms with van der Waals surface area (Å²) in [4.78, 5) is 23.4. The number of nitrogens with zero attached hydrogens (tertiary/aromatic N) is 2. The fourth-order valence-electron chi connectivity index (χ4n) is 1.75. The standard InChI is InChI=1S/C14H19FN2O3/c1-14(2,3)8-13(18)16(4)9-10-5-6-11(15)12(7-10)17(19)20/h5-7H,8-9H2,1-4H3. The zero-order valence-corrected chi connectivity index (χ0v) is 12.1. The summed E-state index contributed by atoms with van der Waals surface area (Å²) in [5, 5.41) is 10.7. The highest BCUT2D eigenvalue weighted by molar-refractivity contribution is 5.76. The van der Waals surface area contributed by atoms with Crippen LogP contribution in [0.25, 0.3) is 0 Å². The van der Waals surface area contributed by atoms with Gasteiger partial charge in [-0.1, -0.05) is 26.8 Å². The molecule has 110 valence electrons. The third kappa shape index (κ3) is 4.60. The molecule has 0 unspecified atom stereocenters. The molecule has 0 atom stereocenters. The second-order valence-electron chi connectivity index (χ2n) is 6.03. The van der Waals surface area contributed by atoms with Crippen LogP contribution in [0.3, 0.4) is 0 Å². The SMILES string of the molecule is CN(Cc1ccc(F)c([N+](=O)[O-])c1)C(=O)CC(C)(C)C. The fraction of sp³-hybridized carbons (Fsp3) is 0.500. The number of amides is 1. The predicted octanol–water partition coefficient (Wildman–Crippen LogP) is 3.13. The predicted molar refractivity (Wildman–Crippen MR) is 73.6 cm³/mol. The van der Waals surface area contributed by atoms with Gasteiger partial charge >= 0.3 is 5.69 Å². The smallest absolute Gasteiger partial charge is 0.305 e. The maximum absolute atomic E-state index is 13.2. The number of rotatable bonds is 4. The minimum Gasteiger partial charge on any atom is -0.341 e. The molecule has 0 saturated carbocycles. The molecule has 1 aromatic rings. The van der Waals surface area contributed by atoms with Crippen LogP contribution in [0.5, 0.6) is 0 Å². The topological polar surface area (TPSA) is 63.4 Å². The van der Waals surface area contributed by atoms with Crippen molar-refractivity contribution in [2.45, 2.75) is 33.7 Å². The normalized spacial score (nSPS) is 11.2. The van der Waals surface area contributed by atoms with Gasteiger partial charge in [-0.2, -0.15) is 4.39 Å². The molecule has 1 amide bonds. The van der Waals surface area contributed by atoms with E-state index in [0.717, 1.165) is 12.1 Å². The number of hydrogen-bond acceptors (Lipinski definition) is 3. The summed E-state index contributed by atoms with van der Waals surface area (Å²) in [5.41, 5.74) is -0.165. The van der Waals surface area contributed by atoms with Gasteiger partial charge in [-0.15, -0.1) is 0 Å². The molecule has 0 spiro atoms. The third-order valence-electron chi connectivity index (χ3n) is 2.73. The zero-order valence-electron chi connectivity index (χ0n) is 12.1. The molecule has 0 aliphatic heterocycles. The first-order chi connectivity index (χ1) is 9.10. The summed E-state index contributed by atoms with van der Waals surface area (Å²) in [6.45, 7) is 6.10. The number of benzene rings is 1. The van der Waals surface area contributed by atoms with Gasteiger partial charge < -0.3 is 4.90 Å². The number of carbonyl (C=O) groups excluding carboxylic acids is 1. The number of carbonyl (C=O) groups is 1. The summed E-state index contributed by atoms with van der Waals surface area (Å²) < 4.78 is 13.2. The molecule has 0 fully saturated rings. The van der Waals surface area contributed by atoms with E-state index in [1.807, 2.05) is 20.8 Å². The minimum atomic E-state index is -0.873. The Labute approximate surface area is 117 Å². The van der Waals surface area contributed by atoms with Gasteiger partial charge in [0.15, 0.2) is 0 Å². The summed E-state index contributed by atoms with van der Waals surface area (Å²) in [6, 6.07) is 3.66. The molecular weight excluding hydrogens is 263 g/mol. The van der Waals surface area contributed by atoms with E-state index in [1.165, 1.54) is 11.0 Å². The Kier molecular flexibility index (Phi) is 4.81. The van der Waals surface area contributed by atoms with Crippen LogP contribution in [0.15, 0.2) is 18.2 Å². The minimum absolute atomic E-state index is 0.0514. The van der Waals surface area contributed by atoms with Gasteiger partial charge in [0, 0.05) is 26.1 Å². The monoisotopic (exact) mass is 282 g/mol. The molecule has 0 aromatic heterocycles. The Morgan fingerprint density at radius 2 is 2.00 bits per heavy atom. The lowest BCUT2D eigenvalue weighted by Gasteiger charge is -2.23. The van der Waals surface area contributed by atoms with Crippen LogP contribution in [0.4, 0.5) is 10.1 Å². The molecule has 1 aromatic carbocycles. The van der Waals surface area contributed by atoms with Gasteiger partial charge in [0.05, 0.1) is 4.92 Å². The largest absolute Gasteiger partial charge is 0.341 e. The molecule has 1 rings (SSSR count). The van der Waals surface area contributed by atoms with Crippen LogP contribution in [0, 0.1) is 21.3 Å². The first-order valence-electron chi connectivity index (χ1n) is 6.27. The molecule has 0 aliphatic carbocycles. The van der Waals surface area contributed by atoms with E-state index in [2.05, 4.69) is 0 Å². The summed E-state index contributed by atoms with van der Waals surface area (Å²) >= 11 is 0. The van der Waals surface area contributed by atoms with Crippen LogP contribution in [0.2, 0.25) is 0 Å². The highest BCUT2D eigenvalue weighted by atomic mass is 19.1. The van der Waals surface area contributed by atoms with Crippen LogP contribution in [-0.4, -0.2) is 22.8 Å². The van der Waals surface area contributed by atoms with E-state index in [0.29, 0.717) is 12.0 Å². The molecular formula is C14H19FN2O3. The first kappa shape index (κ1) is 16.1. The van der Waals surface area contributed by atoms with Gasteiger partial charge in [0.25, 0.3) is 0 Å². The first-order valence-corrected chi connectivity index (χ1v) is 6.27. The lowest BCUT2D eigenvalue weighted by molar-refractivity contribution is -0.387. The quantitative estimate of drug-likeness (QED) is 0.629. The third-order valence-corrected chi connectivity index (χ3v) is 2.73. The number of nitro benzene ring substituents is 1. The zero-order chi connectivity index (χ0) is 15.5. The van der Waals surface area contributed by atoms with Crippen molar-refractivity contribution < 1.29 is 14.1 Å². The Bertz CT molecular complexity index is 524. The second kappa shape index (κ2) is 5.98. The van der Waals surface area contributed by atoms with Crippen molar-refractivity contribution in [2.75, 3.05) is 7.05 Å². The number of halogens is 1. The van der Waals surface area contributed by atoms with E-state index in [4.69, 9.17) is 0 Å². The highest BCUT2D eigenvalue weighted by Gasteiger charge is 2.20. The average molecular weight is 282 g/mol. The maximum atomic E-state index is 13.2. The molecule has 0 N–H and O–H groups in total. The van der Waals surface area contributed by atoms with E-state index < -0.39 is 16.4 Å². The highest BCUT2D eigenvalue weighted by Crippen LogP contribution is 2.22. The summed E-state index contributed by atoms with van der Waals surface area (Å²) in [6.07, 6.45) is 0.382. The molecule has 0 aliphatic rings. The summed E-state index contributed by atoms with van der Waals surface area (Å²) in [7, 11) is 1.63. The van der Waals surface area contributed by atoms with E-state index >= 15 is 0 Å². The Morgan fingerprint density at radius 3 is 2.50 bits per heavy atom. The molecule has 0 bridgehead atoms. The van der Waals surface area contributed by atoms with E-state index in [1.54, 1.807) is 7.05 Å². The molecule has 0 heterocycles. The maximum Gasteiger partial charge on any atom is 0.305 e. The van der Waals surface area contributed by atoms with Gasteiger partial charge in [0.1, 0.15) is 0 Å². The average Bonchev–Trinajstić information content (AvgIpc) is 2.28. The van der Waals surface area contributed by atoms with Gasteiger partial charge in [-0.05, 0) is 17.0 Å². The van der Waals surface area contributed by atoms with Crippen molar-refractivity contribution in [3.8, 4) is 0 Å². The van der Waals surface area contributed by atoms with Crippen molar-refractivity contribution >= 4 is 11.6 Å². The molecule has 20 heavy (non-hydrogen) atoms. The van der Waals surface area contributed by atoms with Crippen LogP contribution in [0.1, 0.15) is 32.8 Å². The van der Waals surface area contributed by atoms with Crippen molar-refractivity contribution in [3.05, 3.63) is 39.7 Å². The lowest BCUT2D eigenvalue weighted by atomic mass is 9.91. The van der Waals surface area contributed by atoms with E-state index in [9.17, 15) is 19.3 Å². The fourth-order valence-corrected chi connectivity index (χ4v) is 1.75. The van der Waals surface area contributed by atoms with Crippen molar-refractivity contribution in [2.24, 2.45) is 5.41 Å². The van der Waals surface area contributed by atoms with Gasteiger partial charge in [-0.3, -0.25) is 14.9 Å². The molecule has 0 radical (unpaired) electrons. The number of hydrogen-bond donors (Lipinski definition) is 0. The van der Waals surface area contributed by atoms with Crippen molar-refractivity contribution in [1.29, 1.82) is 0 Å². The lowest BCUT2D eigenvalue weighted by Crippen LogP contribution is -2.29. The number of nitro groups is 1.